The summed E-state index contributed by atoms with van der Waals surface area (Å²) in [5.74, 6) is 0.449. The number of aromatic nitrogens is 2. The number of methoxy groups -OCH3 is 1. The summed E-state index contributed by atoms with van der Waals surface area (Å²) in [4.78, 5) is 22.0. The first-order chi connectivity index (χ1) is 12.2. The molecular weight excluding hydrogens is 314 g/mol. The van der Waals surface area contributed by atoms with Gasteiger partial charge in [0.1, 0.15) is 11.3 Å². The summed E-state index contributed by atoms with van der Waals surface area (Å²) in [6.07, 6.45) is 0. The van der Waals surface area contributed by atoms with Gasteiger partial charge in [-0.25, -0.2) is 9.97 Å². The van der Waals surface area contributed by atoms with Gasteiger partial charge in [-0.1, -0.05) is 24.3 Å². The molecule has 4 rings (SSSR count). The fourth-order valence-corrected chi connectivity index (χ4v) is 2.72. The Morgan fingerprint density at radius 2 is 1.60 bits per heavy atom. The highest BCUT2D eigenvalue weighted by Crippen LogP contribution is 2.22. The molecule has 0 radical (unpaired) electrons. The third kappa shape index (κ3) is 2.87. The zero-order valence-corrected chi connectivity index (χ0v) is 13.6. The van der Waals surface area contributed by atoms with Crippen molar-refractivity contribution < 1.29 is 9.53 Å². The monoisotopic (exact) mass is 329 g/mol. The molecule has 0 aliphatic heterocycles. The summed E-state index contributed by atoms with van der Waals surface area (Å²) in [5, 5.41) is 2.89. The van der Waals surface area contributed by atoms with Crippen molar-refractivity contribution in [2.45, 2.75) is 0 Å². The van der Waals surface area contributed by atoms with Gasteiger partial charge in [-0.05, 0) is 36.4 Å². The van der Waals surface area contributed by atoms with Crippen LogP contribution in [0.25, 0.3) is 22.1 Å². The van der Waals surface area contributed by atoms with Gasteiger partial charge in [-0.2, -0.15) is 0 Å². The van der Waals surface area contributed by atoms with Crippen molar-refractivity contribution in [1.29, 1.82) is 0 Å². The number of fused-ring (bicyclic) bond motifs is 2. The van der Waals surface area contributed by atoms with Crippen molar-refractivity contribution in [1.82, 2.24) is 9.97 Å². The number of hydrogen-bond acceptors (Lipinski definition) is 4. The third-order valence-corrected chi connectivity index (χ3v) is 3.94. The van der Waals surface area contributed by atoms with Crippen LogP contribution in [-0.2, 0) is 0 Å². The Balaban J connectivity index is 1.77. The van der Waals surface area contributed by atoms with Crippen molar-refractivity contribution in [3.63, 3.8) is 0 Å². The van der Waals surface area contributed by atoms with Gasteiger partial charge in [-0.3, -0.25) is 4.79 Å². The van der Waals surface area contributed by atoms with E-state index in [2.05, 4.69) is 15.3 Å². The highest BCUT2D eigenvalue weighted by Gasteiger charge is 2.13. The van der Waals surface area contributed by atoms with Crippen molar-refractivity contribution in [3.8, 4) is 5.75 Å². The number of benzene rings is 3. The number of anilines is 1. The van der Waals surface area contributed by atoms with E-state index in [1.807, 2.05) is 54.6 Å². The highest BCUT2D eigenvalue weighted by atomic mass is 16.5. The van der Waals surface area contributed by atoms with Crippen LogP contribution in [0.5, 0.6) is 5.75 Å². The van der Waals surface area contributed by atoms with Crippen molar-refractivity contribution in [2.24, 2.45) is 0 Å². The quantitative estimate of drug-likeness (QED) is 0.576. The standard InChI is InChI=1S/C20H15N3O2/c1-25-14-7-4-6-13(12-14)21-20(24)15-8-5-11-18-19(15)23-17-10-3-2-9-16(17)22-18/h2-12H,1H3,(H,21,24). The Morgan fingerprint density at radius 1 is 0.880 bits per heavy atom. The van der Waals surface area contributed by atoms with E-state index in [1.54, 1.807) is 19.2 Å². The summed E-state index contributed by atoms with van der Waals surface area (Å²) in [5.41, 5.74) is 3.99. The molecule has 25 heavy (non-hydrogen) atoms. The van der Waals surface area contributed by atoms with Gasteiger partial charge in [0.05, 0.1) is 29.2 Å². The Bertz CT molecular complexity index is 1090. The number of amides is 1. The lowest BCUT2D eigenvalue weighted by molar-refractivity contribution is 0.102. The van der Waals surface area contributed by atoms with Crippen LogP contribution in [0.1, 0.15) is 10.4 Å². The first-order valence-corrected chi connectivity index (χ1v) is 7.85. The molecule has 0 saturated carbocycles. The van der Waals surface area contributed by atoms with E-state index in [9.17, 15) is 4.79 Å². The van der Waals surface area contributed by atoms with E-state index in [-0.39, 0.29) is 5.91 Å². The van der Waals surface area contributed by atoms with Gasteiger partial charge in [-0.15, -0.1) is 0 Å². The first kappa shape index (κ1) is 15.1. The number of para-hydroxylation sites is 3. The Hall–Kier alpha value is -3.47. The molecule has 5 heteroatoms. The number of hydrogen-bond donors (Lipinski definition) is 1. The maximum absolute atomic E-state index is 12.7. The lowest BCUT2D eigenvalue weighted by atomic mass is 10.1. The number of carbonyl (C=O) groups is 1. The molecule has 122 valence electrons. The summed E-state index contributed by atoms with van der Waals surface area (Å²) in [7, 11) is 1.59. The van der Waals surface area contributed by atoms with E-state index < -0.39 is 0 Å². The maximum Gasteiger partial charge on any atom is 0.257 e. The molecular formula is C20H15N3O2. The molecule has 4 aromatic rings. The Morgan fingerprint density at radius 3 is 2.40 bits per heavy atom. The Kier molecular flexibility index (Phi) is 3.74. The van der Waals surface area contributed by atoms with Crippen LogP contribution < -0.4 is 10.1 Å². The van der Waals surface area contributed by atoms with Gasteiger partial charge >= 0.3 is 0 Å². The molecule has 0 spiro atoms. The molecule has 0 aliphatic carbocycles. The zero-order chi connectivity index (χ0) is 17.2. The van der Waals surface area contributed by atoms with E-state index in [4.69, 9.17) is 4.74 Å². The normalized spacial score (nSPS) is 10.8. The predicted molar refractivity (Wildman–Crippen MR) is 98.0 cm³/mol. The average Bonchev–Trinajstić information content (AvgIpc) is 2.66. The van der Waals surface area contributed by atoms with Crippen LogP contribution >= 0.6 is 0 Å². The minimum atomic E-state index is -0.233. The minimum Gasteiger partial charge on any atom is -0.497 e. The molecule has 5 nitrogen and oxygen atoms in total. The molecule has 1 N–H and O–H groups in total. The highest BCUT2D eigenvalue weighted by molar-refractivity contribution is 6.12. The van der Waals surface area contributed by atoms with Crippen LogP contribution in [0.15, 0.2) is 66.7 Å². The number of nitrogens with zero attached hydrogens (tertiary/aromatic N) is 2. The summed E-state index contributed by atoms with van der Waals surface area (Å²) in [6, 6.07) is 20.3. The smallest absolute Gasteiger partial charge is 0.257 e. The molecule has 0 aliphatic rings. The van der Waals surface area contributed by atoms with Gasteiger partial charge in [0.25, 0.3) is 5.91 Å². The Labute approximate surface area is 144 Å². The molecule has 1 aromatic heterocycles. The number of ether oxygens (including phenoxy) is 1. The first-order valence-electron chi connectivity index (χ1n) is 7.85. The second kappa shape index (κ2) is 6.20. The fourth-order valence-electron chi connectivity index (χ4n) is 2.72. The minimum absolute atomic E-state index is 0.233. The second-order valence-corrected chi connectivity index (χ2v) is 5.57. The van der Waals surface area contributed by atoms with Crippen LogP contribution in [0.3, 0.4) is 0 Å². The summed E-state index contributed by atoms with van der Waals surface area (Å²) >= 11 is 0. The summed E-state index contributed by atoms with van der Waals surface area (Å²) < 4.78 is 5.19. The van der Waals surface area contributed by atoms with Crippen molar-refractivity contribution in [2.75, 3.05) is 12.4 Å². The molecule has 1 heterocycles. The predicted octanol–water partition coefficient (Wildman–Crippen LogP) is 4.04. The number of carbonyl (C=O) groups excluding carboxylic acids is 1. The van der Waals surface area contributed by atoms with Crippen LogP contribution in [-0.4, -0.2) is 23.0 Å². The molecule has 1 amide bonds. The molecule has 0 unspecified atom stereocenters. The SMILES string of the molecule is COc1cccc(NC(=O)c2cccc3nc4ccccc4nc23)c1. The van der Waals surface area contributed by atoms with Gasteiger partial charge in [0.15, 0.2) is 0 Å². The fraction of sp³-hybridized carbons (Fsp3) is 0.0500. The molecule has 0 atom stereocenters. The van der Waals surface area contributed by atoms with E-state index in [1.165, 1.54) is 0 Å². The van der Waals surface area contributed by atoms with E-state index in [0.29, 0.717) is 28.0 Å². The molecule has 0 saturated heterocycles. The number of nitrogens with one attached hydrogen (secondary N) is 1. The van der Waals surface area contributed by atoms with E-state index >= 15 is 0 Å². The third-order valence-electron chi connectivity index (χ3n) is 3.94. The van der Waals surface area contributed by atoms with Crippen LogP contribution in [0.2, 0.25) is 0 Å². The lowest BCUT2D eigenvalue weighted by Gasteiger charge is -2.09. The molecule has 0 bridgehead atoms. The van der Waals surface area contributed by atoms with Gasteiger partial charge in [0, 0.05) is 11.8 Å². The average molecular weight is 329 g/mol. The number of rotatable bonds is 3. The van der Waals surface area contributed by atoms with E-state index in [0.717, 1.165) is 11.0 Å². The van der Waals surface area contributed by atoms with Gasteiger partial charge in [0.2, 0.25) is 0 Å². The largest absolute Gasteiger partial charge is 0.497 e. The topological polar surface area (TPSA) is 64.1 Å². The van der Waals surface area contributed by atoms with Crippen molar-refractivity contribution >= 4 is 33.7 Å². The second-order valence-electron chi connectivity index (χ2n) is 5.57. The lowest BCUT2D eigenvalue weighted by Crippen LogP contribution is -2.13. The van der Waals surface area contributed by atoms with Crippen molar-refractivity contribution in [3.05, 3.63) is 72.3 Å². The zero-order valence-electron chi connectivity index (χ0n) is 13.6. The summed E-state index contributed by atoms with van der Waals surface area (Å²) in [6.45, 7) is 0. The maximum atomic E-state index is 12.7. The molecule has 3 aromatic carbocycles. The molecule has 0 fully saturated rings. The van der Waals surface area contributed by atoms with Gasteiger partial charge < -0.3 is 10.1 Å². The van der Waals surface area contributed by atoms with Crippen LogP contribution in [0, 0.1) is 0 Å². The van der Waals surface area contributed by atoms with Crippen LogP contribution in [0.4, 0.5) is 5.69 Å².